The van der Waals surface area contributed by atoms with Crippen LogP contribution in [0.3, 0.4) is 0 Å². The third kappa shape index (κ3) is 2.43. The van der Waals surface area contributed by atoms with Gasteiger partial charge in [0.1, 0.15) is 11.4 Å². The predicted octanol–water partition coefficient (Wildman–Crippen LogP) is 4.51. The van der Waals surface area contributed by atoms with Crippen LogP contribution < -0.4 is 0 Å². The van der Waals surface area contributed by atoms with Crippen molar-refractivity contribution in [3.05, 3.63) is 42.8 Å². The molecule has 1 aromatic carbocycles. The molecule has 0 aliphatic rings. The van der Waals surface area contributed by atoms with Crippen LogP contribution >= 0.6 is 0 Å². The van der Waals surface area contributed by atoms with E-state index >= 15 is 0 Å². The maximum Gasteiger partial charge on any atom is 0.134 e. The molecule has 0 aliphatic heterocycles. The highest BCUT2D eigenvalue weighted by atomic mass is 19.1. The van der Waals surface area contributed by atoms with Gasteiger partial charge in [0.15, 0.2) is 0 Å². The van der Waals surface area contributed by atoms with E-state index in [-0.39, 0.29) is 5.82 Å². The first-order chi connectivity index (χ1) is 7.81. The van der Waals surface area contributed by atoms with Gasteiger partial charge in [-0.25, -0.2) is 4.39 Å². The van der Waals surface area contributed by atoms with E-state index in [1.165, 1.54) is 12.5 Å². The molecule has 2 aromatic rings. The SMILES string of the molecule is [CH2]CCCCCc1coc2ccc(F)cc12. The number of rotatable bonds is 5. The van der Waals surface area contributed by atoms with Gasteiger partial charge in [0, 0.05) is 5.39 Å². The van der Waals surface area contributed by atoms with Gasteiger partial charge in [-0.3, -0.25) is 0 Å². The summed E-state index contributed by atoms with van der Waals surface area (Å²) in [5, 5.41) is 0.912. The number of benzene rings is 1. The van der Waals surface area contributed by atoms with Crippen LogP contribution in [0, 0.1) is 12.7 Å². The normalized spacial score (nSPS) is 11.1. The van der Waals surface area contributed by atoms with Crippen molar-refractivity contribution < 1.29 is 8.81 Å². The number of furan rings is 1. The Labute approximate surface area is 95.3 Å². The van der Waals surface area contributed by atoms with Gasteiger partial charge in [0.05, 0.1) is 6.26 Å². The van der Waals surface area contributed by atoms with Crippen molar-refractivity contribution in [2.24, 2.45) is 0 Å². The van der Waals surface area contributed by atoms with Crippen LogP contribution in [-0.4, -0.2) is 0 Å². The average Bonchev–Trinajstić information content (AvgIpc) is 2.67. The van der Waals surface area contributed by atoms with Crippen LogP contribution in [0.5, 0.6) is 0 Å². The Balaban J connectivity index is 2.09. The number of hydrogen-bond donors (Lipinski definition) is 0. The van der Waals surface area contributed by atoms with Crippen molar-refractivity contribution in [1.82, 2.24) is 0 Å². The minimum atomic E-state index is -0.201. The first-order valence-corrected chi connectivity index (χ1v) is 5.76. The maximum atomic E-state index is 13.1. The highest BCUT2D eigenvalue weighted by molar-refractivity contribution is 5.80. The molecule has 1 aromatic heterocycles. The number of halogens is 1. The van der Waals surface area contributed by atoms with E-state index in [4.69, 9.17) is 4.42 Å². The fourth-order valence-corrected chi connectivity index (χ4v) is 1.92. The van der Waals surface area contributed by atoms with Crippen molar-refractivity contribution in [3.63, 3.8) is 0 Å². The Hall–Kier alpha value is -1.31. The summed E-state index contributed by atoms with van der Waals surface area (Å²) < 4.78 is 18.5. The van der Waals surface area contributed by atoms with Crippen LogP contribution in [0.1, 0.15) is 31.2 Å². The van der Waals surface area contributed by atoms with Gasteiger partial charge in [-0.15, -0.1) is 0 Å². The first kappa shape index (κ1) is 11.2. The molecule has 2 heteroatoms. The van der Waals surface area contributed by atoms with Crippen LogP contribution in [0.2, 0.25) is 0 Å². The molecule has 0 unspecified atom stereocenters. The van der Waals surface area contributed by atoms with Gasteiger partial charge in [-0.2, -0.15) is 0 Å². The van der Waals surface area contributed by atoms with E-state index in [2.05, 4.69) is 6.92 Å². The second-order valence-electron chi connectivity index (χ2n) is 4.07. The molecule has 0 saturated heterocycles. The molecule has 0 saturated carbocycles. The van der Waals surface area contributed by atoms with E-state index in [9.17, 15) is 4.39 Å². The van der Waals surface area contributed by atoms with Gasteiger partial charge >= 0.3 is 0 Å². The Morgan fingerprint density at radius 3 is 2.88 bits per heavy atom. The second-order valence-corrected chi connectivity index (χ2v) is 4.07. The van der Waals surface area contributed by atoms with Gasteiger partial charge in [-0.1, -0.05) is 26.2 Å². The number of aryl methyl sites for hydroxylation is 1. The summed E-state index contributed by atoms with van der Waals surface area (Å²) >= 11 is 0. The first-order valence-electron chi connectivity index (χ1n) is 5.76. The summed E-state index contributed by atoms with van der Waals surface area (Å²) in [5.74, 6) is -0.201. The topological polar surface area (TPSA) is 13.1 Å². The molecule has 0 bridgehead atoms. The van der Waals surface area contributed by atoms with Crippen LogP contribution in [0.25, 0.3) is 11.0 Å². The molecule has 0 amide bonds. The second kappa shape index (κ2) is 5.15. The third-order valence-electron chi connectivity index (χ3n) is 2.81. The zero-order valence-electron chi connectivity index (χ0n) is 9.34. The van der Waals surface area contributed by atoms with E-state index in [0.29, 0.717) is 0 Å². The molecule has 0 fully saturated rings. The molecule has 0 atom stereocenters. The largest absolute Gasteiger partial charge is 0.464 e. The van der Waals surface area contributed by atoms with Crippen molar-refractivity contribution in [1.29, 1.82) is 0 Å². The third-order valence-corrected chi connectivity index (χ3v) is 2.81. The molecular formula is C14H16FO. The fraction of sp³-hybridized carbons (Fsp3) is 0.357. The lowest BCUT2D eigenvalue weighted by atomic mass is 10.1. The maximum absolute atomic E-state index is 13.1. The minimum Gasteiger partial charge on any atom is -0.464 e. The van der Waals surface area contributed by atoms with Gasteiger partial charge < -0.3 is 4.42 Å². The summed E-state index contributed by atoms with van der Waals surface area (Å²) in [4.78, 5) is 0. The van der Waals surface area contributed by atoms with Crippen LogP contribution in [-0.2, 0) is 6.42 Å². The summed E-state index contributed by atoms with van der Waals surface area (Å²) in [7, 11) is 0. The predicted molar refractivity (Wildman–Crippen MR) is 63.7 cm³/mol. The molecule has 1 radical (unpaired) electrons. The Morgan fingerprint density at radius 2 is 2.06 bits per heavy atom. The van der Waals surface area contributed by atoms with Crippen LogP contribution in [0.4, 0.5) is 4.39 Å². The van der Waals surface area contributed by atoms with E-state index in [0.717, 1.165) is 42.2 Å². The Bertz CT molecular complexity index is 459. The summed E-state index contributed by atoms with van der Waals surface area (Å²) in [6.45, 7) is 3.81. The Kier molecular flexibility index (Phi) is 3.60. The lowest BCUT2D eigenvalue weighted by Gasteiger charge is -1.98. The Morgan fingerprint density at radius 1 is 1.19 bits per heavy atom. The summed E-state index contributed by atoms with van der Waals surface area (Å²) in [6.07, 6.45) is 7.13. The van der Waals surface area contributed by atoms with Crippen LogP contribution in [0.15, 0.2) is 28.9 Å². The van der Waals surface area contributed by atoms with E-state index in [1.807, 2.05) is 0 Å². The molecule has 85 valence electrons. The molecular weight excluding hydrogens is 203 g/mol. The molecule has 1 heterocycles. The quantitative estimate of drug-likeness (QED) is 0.674. The minimum absolute atomic E-state index is 0.201. The average molecular weight is 219 g/mol. The number of fused-ring (bicyclic) bond motifs is 1. The van der Waals surface area contributed by atoms with Crippen molar-refractivity contribution in [2.45, 2.75) is 32.1 Å². The zero-order chi connectivity index (χ0) is 11.4. The molecule has 1 nitrogen and oxygen atoms in total. The van der Waals surface area contributed by atoms with Crippen molar-refractivity contribution in [2.75, 3.05) is 0 Å². The highest BCUT2D eigenvalue weighted by Crippen LogP contribution is 2.23. The van der Waals surface area contributed by atoms with Crippen molar-refractivity contribution >= 4 is 11.0 Å². The fourth-order valence-electron chi connectivity index (χ4n) is 1.92. The van der Waals surface area contributed by atoms with Gasteiger partial charge in [-0.05, 0) is 36.6 Å². The molecule has 0 spiro atoms. The van der Waals surface area contributed by atoms with Gasteiger partial charge in [0.25, 0.3) is 0 Å². The highest BCUT2D eigenvalue weighted by Gasteiger charge is 2.06. The lowest BCUT2D eigenvalue weighted by Crippen LogP contribution is -1.84. The summed E-state index contributed by atoms with van der Waals surface area (Å²) in [5.41, 5.74) is 1.88. The van der Waals surface area contributed by atoms with Crippen molar-refractivity contribution in [3.8, 4) is 0 Å². The molecule has 0 aliphatic carbocycles. The molecule has 0 N–H and O–H groups in total. The van der Waals surface area contributed by atoms with Gasteiger partial charge in [0.2, 0.25) is 0 Å². The lowest BCUT2D eigenvalue weighted by molar-refractivity contribution is 0.602. The zero-order valence-corrected chi connectivity index (χ0v) is 9.34. The molecule has 2 rings (SSSR count). The monoisotopic (exact) mass is 219 g/mol. The van der Waals surface area contributed by atoms with E-state index in [1.54, 1.807) is 18.4 Å². The molecule has 16 heavy (non-hydrogen) atoms. The number of hydrogen-bond acceptors (Lipinski definition) is 1. The number of unbranched alkanes of at least 4 members (excludes halogenated alkanes) is 3. The van der Waals surface area contributed by atoms with E-state index < -0.39 is 0 Å². The standard InChI is InChI=1S/C14H16FO/c1-2-3-4-5-6-11-10-16-14-8-7-12(15)9-13(11)14/h7-10H,1-6H2. The summed E-state index contributed by atoms with van der Waals surface area (Å²) in [6, 6.07) is 4.66. The smallest absolute Gasteiger partial charge is 0.134 e.